The average molecular weight is 266 g/mol. The second-order valence-electron chi connectivity index (χ2n) is 4.74. The van der Waals surface area contributed by atoms with Gasteiger partial charge in [0.15, 0.2) is 0 Å². The molecule has 0 spiro atoms. The smallest absolute Gasteiger partial charge is 0.127 e. The lowest BCUT2D eigenvalue weighted by molar-refractivity contribution is 0.139. The molecule has 0 aromatic heterocycles. The first-order valence-electron chi connectivity index (χ1n) is 6.68. The molecule has 3 N–H and O–H groups in total. The lowest BCUT2D eigenvalue weighted by Gasteiger charge is -2.35. The van der Waals surface area contributed by atoms with Gasteiger partial charge in [0.05, 0.1) is 7.11 Å². The van der Waals surface area contributed by atoms with Gasteiger partial charge in [0, 0.05) is 50.5 Å². The first kappa shape index (κ1) is 14.1. The van der Waals surface area contributed by atoms with E-state index >= 15 is 0 Å². The van der Waals surface area contributed by atoms with E-state index in [2.05, 4.69) is 10.2 Å². The fourth-order valence-electron chi connectivity index (χ4n) is 2.63. The predicted molar refractivity (Wildman–Crippen MR) is 73.5 cm³/mol. The van der Waals surface area contributed by atoms with Crippen LogP contribution in [0.3, 0.4) is 0 Å². The molecule has 0 bridgehead atoms. The van der Waals surface area contributed by atoms with Crippen molar-refractivity contribution in [2.24, 2.45) is 0 Å². The quantitative estimate of drug-likeness (QED) is 0.733. The number of aliphatic hydroxyl groups is 1. The number of ether oxygens (including phenoxy) is 1. The zero-order valence-electron chi connectivity index (χ0n) is 11.3. The Morgan fingerprint density at radius 3 is 2.74 bits per heavy atom. The Kier molecular flexibility index (Phi) is 5.01. The number of hydrogen-bond acceptors (Lipinski definition) is 5. The van der Waals surface area contributed by atoms with E-state index in [1.165, 1.54) is 0 Å². The minimum Gasteiger partial charge on any atom is -0.508 e. The van der Waals surface area contributed by atoms with Crippen LogP contribution in [0.5, 0.6) is 11.5 Å². The Morgan fingerprint density at radius 1 is 1.37 bits per heavy atom. The number of hydrogen-bond donors (Lipinski definition) is 3. The molecule has 106 valence electrons. The van der Waals surface area contributed by atoms with Crippen molar-refractivity contribution in [3.05, 3.63) is 23.8 Å². The lowest BCUT2D eigenvalue weighted by Crippen LogP contribution is -2.45. The van der Waals surface area contributed by atoms with Crippen LogP contribution in [0.25, 0.3) is 0 Å². The van der Waals surface area contributed by atoms with Crippen LogP contribution in [0, 0.1) is 0 Å². The van der Waals surface area contributed by atoms with Gasteiger partial charge in [0.2, 0.25) is 0 Å². The van der Waals surface area contributed by atoms with Crippen molar-refractivity contribution in [1.82, 2.24) is 10.2 Å². The fraction of sp³-hybridized carbons (Fsp3) is 0.571. The third kappa shape index (κ3) is 3.37. The molecule has 0 aliphatic carbocycles. The Morgan fingerprint density at radius 2 is 2.11 bits per heavy atom. The fourth-order valence-corrected chi connectivity index (χ4v) is 2.63. The minimum atomic E-state index is 0.127. The van der Waals surface area contributed by atoms with Gasteiger partial charge < -0.3 is 20.3 Å². The highest BCUT2D eigenvalue weighted by molar-refractivity contribution is 5.42. The molecule has 1 aromatic rings. The van der Waals surface area contributed by atoms with Crippen LogP contribution in [0.15, 0.2) is 18.2 Å². The molecule has 1 fully saturated rings. The van der Waals surface area contributed by atoms with E-state index < -0.39 is 0 Å². The molecule has 1 heterocycles. The highest BCUT2D eigenvalue weighted by atomic mass is 16.5. The van der Waals surface area contributed by atoms with Crippen LogP contribution in [-0.2, 0) is 0 Å². The highest BCUT2D eigenvalue weighted by Gasteiger charge is 2.24. The first-order chi connectivity index (χ1) is 9.26. The first-order valence-corrected chi connectivity index (χ1v) is 6.68. The molecule has 5 nitrogen and oxygen atoms in total. The van der Waals surface area contributed by atoms with Crippen molar-refractivity contribution in [3.8, 4) is 11.5 Å². The molecule has 0 saturated carbocycles. The monoisotopic (exact) mass is 266 g/mol. The number of phenolic OH excluding ortho intramolecular Hbond substituents is 1. The summed E-state index contributed by atoms with van der Waals surface area (Å²) in [5.74, 6) is 0.876. The molecule has 1 aliphatic rings. The van der Waals surface area contributed by atoms with Crippen molar-refractivity contribution >= 4 is 0 Å². The normalized spacial score (nSPS) is 18.2. The van der Waals surface area contributed by atoms with Crippen molar-refractivity contribution in [1.29, 1.82) is 0 Å². The lowest BCUT2D eigenvalue weighted by atomic mass is 10.00. The van der Waals surface area contributed by atoms with Gasteiger partial charge in [0.1, 0.15) is 11.5 Å². The van der Waals surface area contributed by atoms with Gasteiger partial charge in [-0.05, 0) is 12.5 Å². The molecule has 1 saturated heterocycles. The summed E-state index contributed by atoms with van der Waals surface area (Å²) in [5.41, 5.74) is 1.02. The van der Waals surface area contributed by atoms with Crippen LogP contribution in [0.4, 0.5) is 0 Å². The van der Waals surface area contributed by atoms with Crippen LogP contribution >= 0.6 is 0 Å². The molecular weight excluding hydrogens is 244 g/mol. The van der Waals surface area contributed by atoms with Gasteiger partial charge in [-0.2, -0.15) is 0 Å². The SMILES string of the molecule is COc1cc(O)ccc1[C@@H](CCO)N1CCNCC1. The van der Waals surface area contributed by atoms with Crippen molar-refractivity contribution in [2.45, 2.75) is 12.5 Å². The molecule has 0 amide bonds. The minimum absolute atomic E-state index is 0.127. The average Bonchev–Trinajstić information content (AvgIpc) is 2.46. The van der Waals surface area contributed by atoms with Gasteiger partial charge in [-0.15, -0.1) is 0 Å². The molecule has 1 atom stereocenters. The number of methoxy groups -OCH3 is 1. The summed E-state index contributed by atoms with van der Waals surface area (Å²) in [5, 5.41) is 22.2. The second-order valence-corrected chi connectivity index (χ2v) is 4.74. The molecule has 0 unspecified atom stereocenters. The summed E-state index contributed by atoms with van der Waals surface area (Å²) in [6.45, 7) is 3.96. The zero-order valence-corrected chi connectivity index (χ0v) is 11.3. The number of nitrogens with one attached hydrogen (secondary N) is 1. The molecule has 5 heteroatoms. The van der Waals surface area contributed by atoms with Crippen LogP contribution < -0.4 is 10.1 Å². The summed E-state index contributed by atoms with van der Waals surface area (Å²) in [7, 11) is 1.60. The molecular formula is C14H22N2O3. The van der Waals surface area contributed by atoms with E-state index in [0.29, 0.717) is 12.2 Å². The summed E-state index contributed by atoms with van der Waals surface area (Å²) >= 11 is 0. The van der Waals surface area contributed by atoms with Crippen molar-refractivity contribution in [3.63, 3.8) is 0 Å². The third-order valence-electron chi connectivity index (χ3n) is 3.57. The molecule has 0 radical (unpaired) electrons. The van der Waals surface area contributed by atoms with E-state index in [1.54, 1.807) is 19.2 Å². The highest BCUT2D eigenvalue weighted by Crippen LogP contribution is 2.34. The van der Waals surface area contributed by atoms with Crippen LogP contribution in [0.2, 0.25) is 0 Å². The standard InChI is InChI=1S/C14H22N2O3/c1-19-14-10-11(18)2-3-12(14)13(4-9-17)16-7-5-15-6-8-16/h2-3,10,13,15,17-18H,4-9H2,1H3/t13-/m1/s1. The molecule has 1 aromatic carbocycles. The van der Waals surface area contributed by atoms with Gasteiger partial charge in [0.25, 0.3) is 0 Å². The Bertz CT molecular complexity index is 406. The van der Waals surface area contributed by atoms with Crippen LogP contribution in [-0.4, -0.2) is 55.0 Å². The van der Waals surface area contributed by atoms with E-state index in [9.17, 15) is 10.2 Å². The summed E-state index contributed by atoms with van der Waals surface area (Å²) in [6.07, 6.45) is 0.668. The number of aromatic hydroxyl groups is 1. The molecule has 2 rings (SSSR count). The maximum absolute atomic E-state index is 9.54. The zero-order chi connectivity index (χ0) is 13.7. The van der Waals surface area contributed by atoms with Gasteiger partial charge in [-0.3, -0.25) is 4.90 Å². The van der Waals surface area contributed by atoms with Crippen molar-refractivity contribution in [2.75, 3.05) is 39.9 Å². The van der Waals surface area contributed by atoms with E-state index in [1.807, 2.05) is 6.07 Å². The summed E-state index contributed by atoms with van der Waals surface area (Å²) < 4.78 is 5.36. The van der Waals surface area contributed by atoms with E-state index in [-0.39, 0.29) is 18.4 Å². The second kappa shape index (κ2) is 6.75. The molecule has 19 heavy (non-hydrogen) atoms. The number of aliphatic hydroxyl groups excluding tert-OH is 1. The third-order valence-corrected chi connectivity index (χ3v) is 3.57. The van der Waals surface area contributed by atoms with Crippen molar-refractivity contribution < 1.29 is 14.9 Å². The maximum Gasteiger partial charge on any atom is 0.127 e. The van der Waals surface area contributed by atoms with Gasteiger partial charge >= 0.3 is 0 Å². The van der Waals surface area contributed by atoms with E-state index in [0.717, 1.165) is 31.7 Å². The maximum atomic E-state index is 9.54. The summed E-state index contributed by atoms with van der Waals surface area (Å²) in [6, 6.07) is 5.31. The summed E-state index contributed by atoms with van der Waals surface area (Å²) in [4.78, 5) is 2.35. The Labute approximate surface area is 113 Å². The Balaban J connectivity index is 2.26. The van der Waals surface area contributed by atoms with Crippen LogP contribution in [0.1, 0.15) is 18.0 Å². The number of phenols is 1. The Hall–Kier alpha value is -1.30. The van der Waals surface area contributed by atoms with E-state index in [4.69, 9.17) is 4.74 Å². The molecule has 1 aliphatic heterocycles. The number of rotatable bonds is 5. The van der Waals surface area contributed by atoms with Gasteiger partial charge in [-0.25, -0.2) is 0 Å². The number of benzene rings is 1. The topological polar surface area (TPSA) is 65.0 Å². The number of piperazine rings is 1. The predicted octanol–water partition coefficient (Wildman–Crippen LogP) is 0.729. The van der Waals surface area contributed by atoms with Gasteiger partial charge in [-0.1, -0.05) is 6.07 Å². The number of nitrogens with zero attached hydrogens (tertiary/aromatic N) is 1. The largest absolute Gasteiger partial charge is 0.508 e.